The number of rotatable bonds is 6. The van der Waals surface area contributed by atoms with Gasteiger partial charge in [0.25, 0.3) is 5.91 Å². The second-order valence-electron chi connectivity index (χ2n) is 5.34. The highest BCUT2D eigenvalue weighted by atomic mass is 32.2. The number of ether oxygens (including phenoxy) is 1. The Labute approximate surface area is 150 Å². The van der Waals surface area contributed by atoms with Crippen LogP contribution in [-0.2, 0) is 19.6 Å². The fraction of sp³-hybridized carbons (Fsp3) is 0.176. The van der Waals surface area contributed by atoms with E-state index >= 15 is 0 Å². The van der Waals surface area contributed by atoms with E-state index in [1.165, 1.54) is 7.05 Å². The van der Waals surface area contributed by atoms with Crippen molar-refractivity contribution in [1.29, 1.82) is 0 Å². The van der Waals surface area contributed by atoms with Crippen LogP contribution in [-0.4, -0.2) is 33.9 Å². The van der Waals surface area contributed by atoms with Crippen LogP contribution in [0.15, 0.2) is 47.4 Å². The molecule has 0 spiro atoms. The van der Waals surface area contributed by atoms with Gasteiger partial charge in [-0.3, -0.25) is 4.79 Å². The lowest BCUT2D eigenvalue weighted by molar-refractivity contribution is -0.119. The Morgan fingerprint density at radius 3 is 2.38 bits per heavy atom. The summed E-state index contributed by atoms with van der Waals surface area (Å²) in [6.45, 7) is 1.25. The molecule has 1 amide bonds. The highest BCUT2D eigenvalue weighted by Crippen LogP contribution is 2.16. The van der Waals surface area contributed by atoms with Crippen LogP contribution in [0.4, 0.5) is 10.1 Å². The molecule has 0 atom stereocenters. The third kappa shape index (κ3) is 4.87. The highest BCUT2D eigenvalue weighted by Gasteiger charge is 2.20. The summed E-state index contributed by atoms with van der Waals surface area (Å²) in [5.74, 6) is -2.71. The number of halogens is 1. The SMILES string of the molecule is CNS(=O)(=O)c1ccc(F)c(C(=O)OCC(=O)Nc2ccc(C)cc2)c1. The molecule has 0 aliphatic rings. The minimum absolute atomic E-state index is 0.294. The smallest absolute Gasteiger partial charge is 0.341 e. The molecule has 26 heavy (non-hydrogen) atoms. The number of benzene rings is 2. The van der Waals surface area contributed by atoms with Gasteiger partial charge in [-0.25, -0.2) is 22.3 Å². The van der Waals surface area contributed by atoms with Gasteiger partial charge < -0.3 is 10.1 Å². The number of hydrogen-bond acceptors (Lipinski definition) is 5. The third-order valence-electron chi connectivity index (χ3n) is 3.41. The van der Waals surface area contributed by atoms with Gasteiger partial charge in [0.2, 0.25) is 10.0 Å². The van der Waals surface area contributed by atoms with Crippen molar-refractivity contribution in [3.05, 3.63) is 59.4 Å². The number of nitrogens with one attached hydrogen (secondary N) is 2. The van der Waals surface area contributed by atoms with Crippen molar-refractivity contribution in [3.63, 3.8) is 0 Å². The molecule has 0 aliphatic heterocycles. The zero-order chi connectivity index (χ0) is 19.3. The van der Waals surface area contributed by atoms with Gasteiger partial charge in [-0.05, 0) is 44.3 Å². The predicted molar refractivity (Wildman–Crippen MR) is 92.7 cm³/mol. The van der Waals surface area contributed by atoms with Gasteiger partial charge in [0.15, 0.2) is 6.61 Å². The minimum Gasteiger partial charge on any atom is -0.452 e. The first-order chi connectivity index (χ1) is 12.2. The van der Waals surface area contributed by atoms with Crippen molar-refractivity contribution < 1.29 is 27.1 Å². The largest absolute Gasteiger partial charge is 0.452 e. The lowest BCUT2D eigenvalue weighted by atomic mass is 10.2. The quantitative estimate of drug-likeness (QED) is 0.745. The Bertz CT molecular complexity index is 927. The number of aryl methyl sites for hydroxylation is 1. The summed E-state index contributed by atoms with van der Waals surface area (Å²) in [7, 11) is -2.66. The van der Waals surface area contributed by atoms with Gasteiger partial charge in [0, 0.05) is 5.69 Å². The number of sulfonamides is 1. The second-order valence-corrected chi connectivity index (χ2v) is 7.23. The molecule has 2 aromatic rings. The molecule has 2 aromatic carbocycles. The highest BCUT2D eigenvalue weighted by molar-refractivity contribution is 7.89. The Morgan fingerprint density at radius 1 is 1.12 bits per heavy atom. The molecule has 2 rings (SSSR count). The van der Waals surface area contributed by atoms with Crippen LogP contribution in [0.3, 0.4) is 0 Å². The Kier molecular flexibility index (Phi) is 6.06. The van der Waals surface area contributed by atoms with E-state index in [4.69, 9.17) is 4.74 Å². The summed E-state index contributed by atoms with van der Waals surface area (Å²) in [6.07, 6.45) is 0. The molecule has 0 unspecified atom stereocenters. The van der Waals surface area contributed by atoms with E-state index in [1.807, 2.05) is 6.92 Å². The fourth-order valence-electron chi connectivity index (χ4n) is 1.99. The van der Waals surface area contributed by atoms with Crippen molar-refractivity contribution in [3.8, 4) is 0 Å². The van der Waals surface area contributed by atoms with Crippen LogP contribution >= 0.6 is 0 Å². The van der Waals surface area contributed by atoms with E-state index in [0.29, 0.717) is 5.69 Å². The van der Waals surface area contributed by atoms with E-state index in [2.05, 4.69) is 10.0 Å². The first-order valence-corrected chi connectivity index (χ1v) is 8.98. The molecular weight excluding hydrogens is 363 g/mol. The Morgan fingerprint density at radius 2 is 1.77 bits per heavy atom. The zero-order valence-electron chi connectivity index (χ0n) is 14.1. The van der Waals surface area contributed by atoms with E-state index in [-0.39, 0.29) is 4.90 Å². The van der Waals surface area contributed by atoms with Crippen LogP contribution in [0.1, 0.15) is 15.9 Å². The molecule has 0 aromatic heterocycles. The summed E-state index contributed by atoms with van der Waals surface area (Å²) in [6, 6.07) is 9.66. The third-order valence-corrected chi connectivity index (χ3v) is 4.82. The topological polar surface area (TPSA) is 102 Å². The number of esters is 1. The Balaban J connectivity index is 2.04. The minimum atomic E-state index is -3.85. The maximum atomic E-state index is 13.8. The van der Waals surface area contributed by atoms with Crippen molar-refractivity contribution in [2.75, 3.05) is 19.0 Å². The van der Waals surface area contributed by atoms with Gasteiger partial charge in [0.05, 0.1) is 10.5 Å². The van der Waals surface area contributed by atoms with Gasteiger partial charge in [-0.2, -0.15) is 0 Å². The normalized spacial score (nSPS) is 11.0. The average molecular weight is 380 g/mol. The van der Waals surface area contributed by atoms with Gasteiger partial charge >= 0.3 is 5.97 Å². The lowest BCUT2D eigenvalue weighted by Crippen LogP contribution is -2.22. The first kappa shape index (κ1) is 19.5. The summed E-state index contributed by atoms with van der Waals surface area (Å²) in [5, 5.41) is 2.52. The summed E-state index contributed by atoms with van der Waals surface area (Å²) in [4.78, 5) is 23.5. The fourth-order valence-corrected chi connectivity index (χ4v) is 2.74. The molecule has 9 heteroatoms. The monoisotopic (exact) mass is 380 g/mol. The lowest BCUT2D eigenvalue weighted by Gasteiger charge is -2.09. The molecule has 0 aliphatic carbocycles. The van der Waals surface area contributed by atoms with Crippen LogP contribution in [0, 0.1) is 12.7 Å². The van der Waals surface area contributed by atoms with Gasteiger partial charge in [-0.15, -0.1) is 0 Å². The first-order valence-electron chi connectivity index (χ1n) is 7.49. The van der Waals surface area contributed by atoms with E-state index < -0.39 is 39.9 Å². The number of hydrogen-bond donors (Lipinski definition) is 2. The van der Waals surface area contributed by atoms with E-state index in [1.54, 1.807) is 24.3 Å². The molecule has 0 fully saturated rings. The predicted octanol–water partition coefficient (Wildman–Crippen LogP) is 1.84. The van der Waals surface area contributed by atoms with Crippen LogP contribution in [0.25, 0.3) is 0 Å². The summed E-state index contributed by atoms with van der Waals surface area (Å²) < 4.78 is 44.1. The molecule has 0 saturated carbocycles. The molecule has 138 valence electrons. The maximum Gasteiger partial charge on any atom is 0.341 e. The molecule has 2 N–H and O–H groups in total. The van der Waals surface area contributed by atoms with Crippen LogP contribution in [0.5, 0.6) is 0 Å². The molecule has 0 bridgehead atoms. The van der Waals surface area contributed by atoms with Gasteiger partial charge in [0.1, 0.15) is 5.82 Å². The summed E-state index contributed by atoms with van der Waals surface area (Å²) >= 11 is 0. The molecule has 0 radical (unpaired) electrons. The standard InChI is InChI=1S/C17H17FN2O5S/c1-11-3-5-12(6-4-11)20-16(21)10-25-17(22)14-9-13(7-8-15(14)18)26(23,24)19-2/h3-9,19H,10H2,1-2H3,(H,20,21). The number of anilines is 1. The average Bonchev–Trinajstić information content (AvgIpc) is 2.62. The summed E-state index contributed by atoms with van der Waals surface area (Å²) in [5.41, 5.74) is 0.954. The van der Waals surface area contributed by atoms with Crippen LogP contribution in [0.2, 0.25) is 0 Å². The molecule has 7 nitrogen and oxygen atoms in total. The number of carbonyl (C=O) groups excluding carboxylic acids is 2. The van der Waals surface area contributed by atoms with Crippen LogP contribution < -0.4 is 10.0 Å². The number of amides is 1. The van der Waals surface area contributed by atoms with Gasteiger partial charge in [-0.1, -0.05) is 17.7 Å². The zero-order valence-corrected chi connectivity index (χ0v) is 14.9. The second kappa shape index (κ2) is 8.07. The molecular formula is C17H17FN2O5S. The maximum absolute atomic E-state index is 13.8. The van der Waals surface area contributed by atoms with Crippen molar-refractivity contribution in [2.24, 2.45) is 0 Å². The molecule has 0 saturated heterocycles. The van der Waals surface area contributed by atoms with E-state index in [9.17, 15) is 22.4 Å². The van der Waals surface area contributed by atoms with Crippen molar-refractivity contribution in [2.45, 2.75) is 11.8 Å². The number of carbonyl (C=O) groups is 2. The van der Waals surface area contributed by atoms with Crippen molar-refractivity contribution in [1.82, 2.24) is 4.72 Å². The Hall–Kier alpha value is -2.78. The molecule has 0 heterocycles. The van der Waals surface area contributed by atoms with E-state index in [0.717, 1.165) is 23.8 Å². The van der Waals surface area contributed by atoms with Crippen molar-refractivity contribution >= 4 is 27.6 Å².